The third-order valence-corrected chi connectivity index (χ3v) is 4.71. The van der Waals surface area contributed by atoms with Crippen LogP contribution in [0.4, 0.5) is 8.78 Å². The molecule has 1 fully saturated rings. The number of hydrogen-bond acceptors (Lipinski definition) is 6. The van der Waals surface area contributed by atoms with Crippen LogP contribution < -0.4 is 5.11 Å². The highest BCUT2D eigenvalue weighted by Crippen LogP contribution is 2.36. The molecule has 0 aliphatic heterocycles. The number of aliphatic carboxylic acids is 1. The highest BCUT2D eigenvalue weighted by molar-refractivity contribution is 6.03. The summed E-state index contributed by atoms with van der Waals surface area (Å²) in [6.45, 7) is 4.93. The third kappa shape index (κ3) is 5.74. The maximum absolute atomic E-state index is 14.3. The van der Waals surface area contributed by atoms with Crippen LogP contribution in [0.2, 0.25) is 0 Å². The molecule has 0 radical (unpaired) electrons. The molecule has 1 aliphatic rings. The van der Waals surface area contributed by atoms with E-state index in [4.69, 9.17) is 9.47 Å². The van der Waals surface area contributed by atoms with Crippen molar-refractivity contribution in [3.05, 3.63) is 35.4 Å². The van der Waals surface area contributed by atoms with Crippen LogP contribution in [0.1, 0.15) is 73.6 Å². The van der Waals surface area contributed by atoms with Crippen LogP contribution in [0.5, 0.6) is 0 Å². The van der Waals surface area contributed by atoms with Crippen molar-refractivity contribution in [2.75, 3.05) is 0 Å². The Morgan fingerprint density at radius 2 is 1.52 bits per heavy atom. The molecule has 0 spiro atoms. The first-order valence-electron chi connectivity index (χ1n) is 9.56. The van der Waals surface area contributed by atoms with E-state index in [1.54, 1.807) is 20.8 Å². The third-order valence-electron chi connectivity index (χ3n) is 4.71. The number of halogens is 2. The Morgan fingerprint density at radius 3 is 2.00 bits per heavy atom. The number of rotatable bonds is 6. The molecule has 8 heteroatoms. The molecule has 1 unspecified atom stereocenters. The van der Waals surface area contributed by atoms with Crippen molar-refractivity contribution in [2.45, 2.75) is 70.5 Å². The average molecular weight is 411 g/mol. The Bertz CT molecular complexity index is 763. The van der Waals surface area contributed by atoms with Gasteiger partial charge in [-0.15, -0.1) is 0 Å². The molecule has 0 bridgehead atoms. The van der Waals surface area contributed by atoms with Gasteiger partial charge in [0.2, 0.25) is 0 Å². The zero-order valence-electron chi connectivity index (χ0n) is 16.7. The van der Waals surface area contributed by atoms with Crippen LogP contribution >= 0.6 is 0 Å². The second-order valence-electron chi connectivity index (χ2n) is 8.18. The Labute approximate surface area is 168 Å². The molecule has 2 rings (SSSR count). The van der Waals surface area contributed by atoms with Gasteiger partial charge in [0.05, 0.1) is 11.1 Å². The predicted molar refractivity (Wildman–Crippen MR) is 97.3 cm³/mol. The molecule has 0 N–H and O–H groups in total. The van der Waals surface area contributed by atoms with Crippen molar-refractivity contribution in [1.29, 1.82) is 0 Å². The van der Waals surface area contributed by atoms with Crippen molar-refractivity contribution in [3.8, 4) is 0 Å². The molecule has 0 heterocycles. The van der Waals surface area contributed by atoms with Crippen LogP contribution in [0, 0.1) is 5.92 Å². The molecule has 0 aromatic heterocycles. The fourth-order valence-electron chi connectivity index (χ4n) is 3.37. The van der Waals surface area contributed by atoms with Crippen molar-refractivity contribution in [2.24, 2.45) is 5.92 Å². The molecule has 1 aliphatic carbocycles. The number of benzene rings is 1. The van der Waals surface area contributed by atoms with Crippen molar-refractivity contribution < 1.29 is 37.7 Å². The van der Waals surface area contributed by atoms with Gasteiger partial charge in [-0.1, -0.05) is 31.4 Å². The molecule has 29 heavy (non-hydrogen) atoms. The molecular formula is C21H25F2O6-. The number of carbonyl (C=O) groups excluding carboxylic acids is 3. The molecule has 160 valence electrons. The Balaban J connectivity index is 2.32. The molecule has 1 atom stereocenters. The van der Waals surface area contributed by atoms with E-state index in [0.29, 0.717) is 25.7 Å². The van der Waals surface area contributed by atoms with Crippen LogP contribution in [-0.2, 0) is 14.3 Å². The monoisotopic (exact) mass is 411 g/mol. The summed E-state index contributed by atoms with van der Waals surface area (Å²) >= 11 is 0. The second-order valence-corrected chi connectivity index (χ2v) is 8.18. The minimum atomic E-state index is -4.35. The molecule has 1 aromatic rings. The molecule has 0 amide bonds. The zero-order valence-corrected chi connectivity index (χ0v) is 16.7. The van der Waals surface area contributed by atoms with Crippen molar-refractivity contribution in [3.63, 3.8) is 0 Å². The van der Waals surface area contributed by atoms with E-state index in [0.717, 1.165) is 6.42 Å². The lowest BCUT2D eigenvalue weighted by molar-refractivity contribution is -0.337. The van der Waals surface area contributed by atoms with Crippen LogP contribution in [0.25, 0.3) is 0 Å². The minimum absolute atomic E-state index is 0.147. The minimum Gasteiger partial charge on any atom is -0.544 e. The van der Waals surface area contributed by atoms with Gasteiger partial charge in [-0.2, -0.15) is 8.78 Å². The van der Waals surface area contributed by atoms with Gasteiger partial charge >= 0.3 is 17.9 Å². The lowest BCUT2D eigenvalue weighted by atomic mass is 9.83. The Hall–Kier alpha value is -2.51. The van der Waals surface area contributed by atoms with Crippen LogP contribution in [0.3, 0.4) is 0 Å². The standard InChI is InChI=1S/C21H26F2O6/c1-20(2,3)29-18(25)15-12-8-7-11-14(15)17(24)28-16(21(22,23)19(26)27)13-9-5-4-6-10-13/h7-8,11-13,16H,4-6,9-10H2,1-3H3,(H,26,27)/p-1. The Morgan fingerprint density at radius 1 is 1.00 bits per heavy atom. The summed E-state index contributed by atoms with van der Waals surface area (Å²) in [4.78, 5) is 36.1. The first-order valence-corrected chi connectivity index (χ1v) is 9.56. The maximum Gasteiger partial charge on any atom is 0.339 e. The summed E-state index contributed by atoms with van der Waals surface area (Å²) in [5, 5.41) is 11.0. The largest absolute Gasteiger partial charge is 0.544 e. The van der Waals surface area contributed by atoms with E-state index in [1.807, 2.05) is 0 Å². The first kappa shape index (κ1) is 22.8. The number of carboxylic acids is 1. The summed E-state index contributed by atoms with van der Waals surface area (Å²) in [7, 11) is 0. The van der Waals surface area contributed by atoms with Gasteiger partial charge in [0.1, 0.15) is 11.6 Å². The maximum atomic E-state index is 14.3. The Kier molecular flexibility index (Phi) is 6.97. The van der Waals surface area contributed by atoms with Gasteiger partial charge in [0, 0.05) is 5.92 Å². The average Bonchev–Trinajstić information content (AvgIpc) is 2.65. The molecular weight excluding hydrogens is 386 g/mol. The fraction of sp³-hybridized carbons (Fsp3) is 0.571. The summed E-state index contributed by atoms with van der Waals surface area (Å²) in [6.07, 6.45) is 0.567. The SMILES string of the molecule is CC(C)(C)OC(=O)c1ccccc1C(=O)OC(C1CCCCC1)C(F)(F)C(=O)[O-]. The quantitative estimate of drug-likeness (QED) is 0.668. The van der Waals surface area contributed by atoms with Crippen LogP contribution in [0.15, 0.2) is 24.3 Å². The van der Waals surface area contributed by atoms with Gasteiger partial charge in [-0.05, 0) is 45.7 Å². The lowest BCUT2D eigenvalue weighted by Crippen LogP contribution is -2.54. The topological polar surface area (TPSA) is 92.7 Å². The predicted octanol–water partition coefficient (Wildman–Crippen LogP) is 3.13. The number of alkyl halides is 2. The van der Waals surface area contributed by atoms with Gasteiger partial charge in [-0.25, -0.2) is 9.59 Å². The number of esters is 2. The summed E-state index contributed by atoms with van der Waals surface area (Å²) < 4.78 is 38.9. The van der Waals surface area contributed by atoms with E-state index in [1.165, 1.54) is 24.3 Å². The number of hydrogen-bond donors (Lipinski definition) is 0. The van der Waals surface area contributed by atoms with E-state index in [-0.39, 0.29) is 11.1 Å². The van der Waals surface area contributed by atoms with Crippen molar-refractivity contribution >= 4 is 17.9 Å². The van der Waals surface area contributed by atoms with Crippen molar-refractivity contribution in [1.82, 2.24) is 0 Å². The van der Waals surface area contributed by atoms with E-state index >= 15 is 0 Å². The second kappa shape index (κ2) is 8.88. The fourth-order valence-corrected chi connectivity index (χ4v) is 3.37. The molecule has 6 nitrogen and oxygen atoms in total. The van der Waals surface area contributed by atoms with Gasteiger partial charge in [0.25, 0.3) is 0 Å². The van der Waals surface area contributed by atoms with Gasteiger partial charge in [0.15, 0.2) is 6.10 Å². The molecule has 1 aromatic carbocycles. The summed E-state index contributed by atoms with van der Waals surface area (Å²) in [6, 6.07) is 5.50. The summed E-state index contributed by atoms with van der Waals surface area (Å²) in [5.41, 5.74) is -1.25. The van der Waals surface area contributed by atoms with Crippen LogP contribution in [-0.4, -0.2) is 35.5 Å². The van der Waals surface area contributed by atoms with Gasteiger partial charge in [-0.3, -0.25) is 0 Å². The normalized spacial score (nSPS) is 16.7. The number of carbonyl (C=O) groups is 3. The van der Waals surface area contributed by atoms with E-state index in [2.05, 4.69) is 0 Å². The van der Waals surface area contributed by atoms with E-state index in [9.17, 15) is 28.3 Å². The lowest BCUT2D eigenvalue weighted by Gasteiger charge is -2.35. The highest BCUT2D eigenvalue weighted by atomic mass is 19.3. The molecule has 1 saturated carbocycles. The first-order chi connectivity index (χ1) is 13.4. The number of ether oxygens (including phenoxy) is 2. The highest BCUT2D eigenvalue weighted by Gasteiger charge is 2.49. The molecule has 0 saturated heterocycles. The number of carboxylic acid groups (broad SMARTS) is 1. The zero-order chi connectivity index (χ0) is 21.8. The van der Waals surface area contributed by atoms with Gasteiger partial charge < -0.3 is 19.4 Å². The summed E-state index contributed by atoms with van der Waals surface area (Å²) in [5.74, 6) is -9.78. The van der Waals surface area contributed by atoms with E-state index < -0.39 is 41.5 Å². The smallest absolute Gasteiger partial charge is 0.339 e.